The van der Waals surface area contributed by atoms with Crippen molar-refractivity contribution in [2.45, 2.75) is 30.0 Å². The lowest BCUT2D eigenvalue weighted by molar-refractivity contribution is -0.248. The van der Waals surface area contributed by atoms with Crippen LogP contribution in [0.2, 0.25) is 0 Å². The summed E-state index contributed by atoms with van der Waals surface area (Å²) in [5.74, 6) is -0.771. The number of rotatable bonds is 5. The van der Waals surface area contributed by atoms with Crippen molar-refractivity contribution in [1.29, 1.82) is 0 Å². The molecule has 1 aromatic carbocycles. The van der Waals surface area contributed by atoms with Crippen LogP contribution >= 0.6 is 0 Å². The maximum atomic E-state index is 13.2. The highest BCUT2D eigenvalue weighted by atomic mass is 32.2. The Bertz CT molecular complexity index is 881. The smallest absolute Gasteiger partial charge is 0.295 e. The number of benzene rings is 1. The zero-order valence-corrected chi connectivity index (χ0v) is 14.4. The van der Waals surface area contributed by atoms with Crippen molar-refractivity contribution in [3.05, 3.63) is 54.6 Å². The lowest BCUT2D eigenvalue weighted by Gasteiger charge is -2.40. The van der Waals surface area contributed by atoms with Crippen LogP contribution < -0.4 is 9.47 Å². The van der Waals surface area contributed by atoms with Gasteiger partial charge in [0.1, 0.15) is 17.6 Å². The number of aliphatic hydroxyl groups excluding tert-OH is 2. The zero-order valence-electron chi connectivity index (χ0n) is 13.6. The SMILES string of the molecule is O=S(=O)(O)C1O[C@@H](Oc2ccccc2)[C@H](O)[C@@H](Oc2ccnc(F)c2)[C@@H]1O. The van der Waals surface area contributed by atoms with Crippen LogP contribution in [0.15, 0.2) is 48.7 Å². The first-order chi connectivity index (χ1) is 12.8. The van der Waals surface area contributed by atoms with Crippen LogP contribution in [-0.2, 0) is 14.9 Å². The molecule has 27 heavy (non-hydrogen) atoms. The molecular formula is C16H16FNO8S. The van der Waals surface area contributed by atoms with Crippen LogP contribution in [0.5, 0.6) is 11.5 Å². The highest BCUT2D eigenvalue weighted by molar-refractivity contribution is 7.86. The minimum absolute atomic E-state index is 0.125. The molecule has 0 spiro atoms. The maximum absolute atomic E-state index is 13.2. The number of pyridine rings is 1. The summed E-state index contributed by atoms with van der Waals surface area (Å²) in [7, 11) is -4.89. The second-order valence-corrected chi connectivity index (χ2v) is 7.19. The standard InChI is InChI=1S/C16H16FNO8S/c17-11-8-10(6-7-18-11)24-14-12(19)15(25-9-4-2-1-3-5-9)26-16(13(14)20)27(21,22)23/h1-8,12-16,19-20H,(H,21,22,23)/t12-,13+,14-,15-,16?/m1/s1. The molecule has 1 fully saturated rings. The van der Waals surface area contributed by atoms with Crippen molar-refractivity contribution < 1.29 is 41.8 Å². The molecule has 3 rings (SSSR count). The lowest BCUT2D eigenvalue weighted by Crippen LogP contribution is -2.62. The minimum atomic E-state index is -4.89. The summed E-state index contributed by atoms with van der Waals surface area (Å²) in [4.78, 5) is 3.34. The summed E-state index contributed by atoms with van der Waals surface area (Å²) in [6.45, 7) is 0. The van der Waals surface area contributed by atoms with E-state index >= 15 is 0 Å². The Hall–Kier alpha value is -2.31. The van der Waals surface area contributed by atoms with Crippen LogP contribution in [0.25, 0.3) is 0 Å². The summed E-state index contributed by atoms with van der Waals surface area (Å²) in [5, 5.41) is 20.7. The molecule has 2 heterocycles. The molecule has 2 aromatic rings. The molecule has 11 heteroatoms. The third-order valence-corrected chi connectivity index (χ3v) is 4.74. The normalized spacial score (nSPS) is 28.5. The maximum Gasteiger partial charge on any atom is 0.295 e. The van der Waals surface area contributed by atoms with Gasteiger partial charge in [0.15, 0.2) is 12.2 Å². The fraction of sp³-hybridized carbons (Fsp3) is 0.312. The first-order valence-corrected chi connectivity index (χ1v) is 9.24. The molecule has 5 atom stereocenters. The van der Waals surface area contributed by atoms with E-state index in [0.29, 0.717) is 0 Å². The Morgan fingerprint density at radius 1 is 1.04 bits per heavy atom. The molecule has 0 saturated carbocycles. The third kappa shape index (κ3) is 4.51. The largest absolute Gasteiger partial charge is 0.484 e. The van der Waals surface area contributed by atoms with Crippen LogP contribution in [-0.4, -0.2) is 58.2 Å². The van der Waals surface area contributed by atoms with Crippen molar-refractivity contribution in [2.75, 3.05) is 0 Å². The van der Waals surface area contributed by atoms with Crippen LogP contribution in [0, 0.1) is 5.95 Å². The minimum Gasteiger partial charge on any atom is -0.484 e. The molecular weight excluding hydrogens is 385 g/mol. The van der Waals surface area contributed by atoms with Gasteiger partial charge in [0, 0.05) is 12.3 Å². The van der Waals surface area contributed by atoms with Gasteiger partial charge in [-0.3, -0.25) is 4.55 Å². The number of aliphatic hydroxyl groups is 2. The first-order valence-electron chi connectivity index (χ1n) is 7.73. The number of halogens is 1. The van der Waals surface area contributed by atoms with E-state index in [1.807, 2.05) is 0 Å². The van der Waals surface area contributed by atoms with Gasteiger partial charge < -0.3 is 24.4 Å². The number of para-hydroxylation sites is 1. The monoisotopic (exact) mass is 401 g/mol. The fourth-order valence-electron chi connectivity index (χ4n) is 2.54. The molecule has 1 aliphatic rings. The Labute approximate surface area is 153 Å². The van der Waals surface area contributed by atoms with Gasteiger partial charge in [-0.15, -0.1) is 0 Å². The molecule has 0 amide bonds. The van der Waals surface area contributed by atoms with Crippen molar-refractivity contribution in [1.82, 2.24) is 4.98 Å². The summed E-state index contributed by atoms with van der Waals surface area (Å²) >= 11 is 0. The van der Waals surface area contributed by atoms with E-state index < -0.39 is 46.1 Å². The predicted molar refractivity (Wildman–Crippen MR) is 87.9 cm³/mol. The Morgan fingerprint density at radius 3 is 2.37 bits per heavy atom. The molecule has 146 valence electrons. The molecule has 1 saturated heterocycles. The van der Waals surface area contributed by atoms with Crippen LogP contribution in [0.3, 0.4) is 0 Å². The average Bonchev–Trinajstić information content (AvgIpc) is 2.61. The van der Waals surface area contributed by atoms with E-state index in [0.717, 1.165) is 12.3 Å². The lowest BCUT2D eigenvalue weighted by atomic mass is 10.0. The highest BCUT2D eigenvalue weighted by Gasteiger charge is 2.52. The first kappa shape index (κ1) is 19.5. The molecule has 1 aromatic heterocycles. The summed E-state index contributed by atoms with van der Waals surface area (Å²) in [6, 6.07) is 10.1. The van der Waals surface area contributed by atoms with Gasteiger partial charge in [-0.1, -0.05) is 18.2 Å². The van der Waals surface area contributed by atoms with Crippen molar-refractivity contribution in [3.8, 4) is 11.5 Å². The molecule has 1 aliphatic heterocycles. The second kappa shape index (κ2) is 7.74. The van der Waals surface area contributed by atoms with E-state index in [4.69, 9.17) is 14.2 Å². The number of aromatic nitrogens is 1. The van der Waals surface area contributed by atoms with E-state index in [1.54, 1.807) is 18.2 Å². The van der Waals surface area contributed by atoms with Gasteiger partial charge in [-0.2, -0.15) is 12.8 Å². The third-order valence-electron chi connectivity index (χ3n) is 3.76. The molecule has 0 bridgehead atoms. The molecule has 3 N–H and O–H groups in total. The second-order valence-electron chi connectivity index (χ2n) is 5.70. The quantitative estimate of drug-likeness (QED) is 0.479. The van der Waals surface area contributed by atoms with Crippen LogP contribution in [0.4, 0.5) is 4.39 Å². The summed E-state index contributed by atoms with van der Waals surface area (Å²) in [5.41, 5.74) is -2.15. The van der Waals surface area contributed by atoms with Gasteiger partial charge in [-0.25, -0.2) is 4.98 Å². The molecule has 0 aliphatic carbocycles. The van der Waals surface area contributed by atoms with Gasteiger partial charge >= 0.3 is 0 Å². The zero-order chi connectivity index (χ0) is 19.6. The summed E-state index contributed by atoms with van der Waals surface area (Å²) in [6.07, 6.45) is -5.78. The molecule has 1 unspecified atom stereocenters. The van der Waals surface area contributed by atoms with E-state index in [2.05, 4.69) is 4.98 Å². The van der Waals surface area contributed by atoms with Gasteiger partial charge in [0.05, 0.1) is 0 Å². The Morgan fingerprint density at radius 2 is 1.74 bits per heavy atom. The highest BCUT2D eigenvalue weighted by Crippen LogP contribution is 2.29. The topological polar surface area (TPSA) is 135 Å². The van der Waals surface area contributed by atoms with Gasteiger partial charge in [-0.05, 0) is 18.2 Å². The number of hydrogen-bond donors (Lipinski definition) is 3. The molecule has 0 radical (unpaired) electrons. The number of nitrogens with zero attached hydrogens (tertiary/aromatic N) is 1. The van der Waals surface area contributed by atoms with Crippen LogP contribution in [0.1, 0.15) is 0 Å². The summed E-state index contributed by atoms with van der Waals surface area (Å²) < 4.78 is 61.5. The average molecular weight is 401 g/mol. The Balaban J connectivity index is 1.89. The number of ether oxygens (including phenoxy) is 3. The predicted octanol–water partition coefficient (Wildman–Crippen LogP) is 0.339. The van der Waals surface area contributed by atoms with Crippen molar-refractivity contribution in [2.24, 2.45) is 0 Å². The van der Waals surface area contributed by atoms with E-state index in [1.165, 1.54) is 18.2 Å². The van der Waals surface area contributed by atoms with E-state index in [-0.39, 0.29) is 11.5 Å². The van der Waals surface area contributed by atoms with Gasteiger partial charge in [0.25, 0.3) is 10.1 Å². The van der Waals surface area contributed by atoms with Crippen molar-refractivity contribution >= 4 is 10.1 Å². The fourth-order valence-corrected chi connectivity index (χ4v) is 3.29. The van der Waals surface area contributed by atoms with E-state index in [9.17, 15) is 27.6 Å². The number of hydrogen-bond acceptors (Lipinski definition) is 8. The van der Waals surface area contributed by atoms with Crippen molar-refractivity contribution in [3.63, 3.8) is 0 Å². The molecule has 9 nitrogen and oxygen atoms in total. The van der Waals surface area contributed by atoms with Gasteiger partial charge in [0.2, 0.25) is 17.7 Å². The Kier molecular flexibility index (Phi) is 5.58.